The second-order valence-electron chi connectivity index (χ2n) is 4.89. The molecule has 0 aliphatic heterocycles. The predicted octanol–water partition coefficient (Wildman–Crippen LogP) is 3.14. The van der Waals surface area contributed by atoms with Crippen molar-refractivity contribution in [1.82, 2.24) is 0 Å². The molecule has 0 heterocycles. The van der Waals surface area contributed by atoms with E-state index in [2.05, 4.69) is 6.07 Å². The van der Waals surface area contributed by atoms with E-state index in [0.717, 1.165) is 0 Å². The van der Waals surface area contributed by atoms with E-state index in [-0.39, 0.29) is 0 Å². The molecule has 0 spiro atoms. The lowest BCUT2D eigenvalue weighted by molar-refractivity contribution is -0.144. The van der Waals surface area contributed by atoms with E-state index in [4.69, 9.17) is 14.7 Å². The monoisotopic (exact) mass is 309 g/mol. The van der Waals surface area contributed by atoms with Crippen molar-refractivity contribution in [2.75, 3.05) is 0 Å². The summed E-state index contributed by atoms with van der Waals surface area (Å²) in [7, 11) is 0. The van der Waals surface area contributed by atoms with Crippen LogP contribution in [0.4, 0.5) is 0 Å². The largest absolute Gasteiger partial charge is 0.453 e. The van der Waals surface area contributed by atoms with Crippen molar-refractivity contribution in [1.29, 1.82) is 5.26 Å². The molecule has 0 aromatic heterocycles. The molecule has 0 bridgehead atoms. The first kappa shape index (κ1) is 16.2. The zero-order valence-corrected chi connectivity index (χ0v) is 12.8. The first-order valence-electron chi connectivity index (χ1n) is 6.95. The summed E-state index contributed by atoms with van der Waals surface area (Å²) in [6, 6.07) is 15.6. The molecule has 5 nitrogen and oxygen atoms in total. The summed E-state index contributed by atoms with van der Waals surface area (Å²) in [6.45, 7) is 2.65. The molecule has 0 amide bonds. The number of hydrogen-bond donors (Lipinski definition) is 0. The van der Waals surface area contributed by atoms with Crippen molar-refractivity contribution < 1.29 is 19.1 Å². The van der Waals surface area contributed by atoms with Crippen molar-refractivity contribution in [3.63, 3.8) is 0 Å². The number of nitriles is 1. The van der Waals surface area contributed by atoms with Gasteiger partial charge in [0.05, 0.1) is 11.6 Å². The standard InChI is InChI=1S/C18H15NO4/c1-12(20)22-17-8-6-15(7-9-17)18(23-13(2)21)16-5-3-4-14(10-16)11-19/h3-10,18H,1-2H3. The van der Waals surface area contributed by atoms with Crippen molar-refractivity contribution in [3.8, 4) is 11.8 Å². The molecular weight excluding hydrogens is 294 g/mol. The fourth-order valence-electron chi connectivity index (χ4n) is 2.14. The molecule has 0 saturated heterocycles. The summed E-state index contributed by atoms with van der Waals surface area (Å²) in [5.74, 6) is -0.425. The maximum Gasteiger partial charge on any atom is 0.308 e. The minimum Gasteiger partial charge on any atom is -0.453 e. The first-order chi connectivity index (χ1) is 11.0. The number of rotatable bonds is 4. The van der Waals surface area contributed by atoms with Gasteiger partial charge in [0, 0.05) is 13.8 Å². The van der Waals surface area contributed by atoms with Gasteiger partial charge in [0.1, 0.15) is 5.75 Å². The SMILES string of the molecule is CC(=O)Oc1ccc(C(OC(C)=O)c2cccc(C#N)c2)cc1. The minimum atomic E-state index is -0.632. The highest BCUT2D eigenvalue weighted by molar-refractivity contribution is 5.69. The number of carbonyl (C=O) groups excluding carboxylic acids is 2. The number of carbonyl (C=O) groups is 2. The summed E-state index contributed by atoms with van der Waals surface area (Å²) in [6.07, 6.45) is -0.632. The molecule has 1 unspecified atom stereocenters. The maximum atomic E-state index is 11.4. The number of nitrogens with zero attached hydrogens (tertiary/aromatic N) is 1. The van der Waals surface area contributed by atoms with E-state index in [1.807, 2.05) is 0 Å². The van der Waals surface area contributed by atoms with Gasteiger partial charge in [0.2, 0.25) is 0 Å². The minimum absolute atomic E-state index is 0.406. The average molecular weight is 309 g/mol. The first-order valence-corrected chi connectivity index (χ1v) is 6.95. The fraction of sp³-hybridized carbons (Fsp3) is 0.167. The second kappa shape index (κ2) is 7.23. The van der Waals surface area contributed by atoms with Gasteiger partial charge in [0.15, 0.2) is 6.10 Å². The molecule has 0 N–H and O–H groups in total. The topological polar surface area (TPSA) is 76.4 Å². The zero-order chi connectivity index (χ0) is 16.8. The second-order valence-corrected chi connectivity index (χ2v) is 4.89. The summed E-state index contributed by atoms with van der Waals surface area (Å²) >= 11 is 0. The molecule has 0 aliphatic rings. The Kier molecular flexibility index (Phi) is 5.11. The molecule has 0 saturated carbocycles. The number of ether oxygens (including phenoxy) is 2. The van der Waals surface area contributed by atoms with Crippen molar-refractivity contribution >= 4 is 11.9 Å². The third-order valence-electron chi connectivity index (χ3n) is 3.05. The zero-order valence-electron chi connectivity index (χ0n) is 12.8. The predicted molar refractivity (Wildman–Crippen MR) is 82.5 cm³/mol. The van der Waals surface area contributed by atoms with Crippen LogP contribution in [0.25, 0.3) is 0 Å². The van der Waals surface area contributed by atoms with Crippen molar-refractivity contribution in [2.45, 2.75) is 20.0 Å². The Labute approximate surface area is 134 Å². The highest BCUT2D eigenvalue weighted by Gasteiger charge is 2.18. The van der Waals surface area contributed by atoms with Gasteiger partial charge in [-0.15, -0.1) is 0 Å². The van der Waals surface area contributed by atoms with Crippen LogP contribution in [0.3, 0.4) is 0 Å². The van der Waals surface area contributed by atoms with Gasteiger partial charge in [-0.1, -0.05) is 24.3 Å². The van der Waals surface area contributed by atoms with Gasteiger partial charge in [-0.3, -0.25) is 9.59 Å². The molecule has 5 heteroatoms. The Morgan fingerprint density at radius 3 is 2.26 bits per heavy atom. The van der Waals surface area contributed by atoms with Crippen LogP contribution < -0.4 is 4.74 Å². The van der Waals surface area contributed by atoms with Crippen LogP contribution in [0.5, 0.6) is 5.75 Å². The van der Waals surface area contributed by atoms with Crippen LogP contribution in [0.2, 0.25) is 0 Å². The summed E-state index contributed by atoms with van der Waals surface area (Å²) in [5, 5.41) is 9.01. The van der Waals surface area contributed by atoms with Crippen LogP contribution in [0, 0.1) is 11.3 Å². The molecular formula is C18H15NO4. The Hall–Kier alpha value is -3.13. The maximum absolute atomic E-state index is 11.4. The molecule has 0 radical (unpaired) electrons. The van der Waals surface area contributed by atoms with Gasteiger partial charge < -0.3 is 9.47 Å². The Morgan fingerprint density at radius 2 is 1.70 bits per heavy atom. The summed E-state index contributed by atoms with van der Waals surface area (Å²) in [5.41, 5.74) is 1.89. The van der Waals surface area contributed by atoms with Crippen molar-refractivity contribution in [3.05, 3.63) is 65.2 Å². The van der Waals surface area contributed by atoms with Gasteiger partial charge in [-0.2, -0.15) is 5.26 Å². The van der Waals surface area contributed by atoms with E-state index >= 15 is 0 Å². The van der Waals surface area contributed by atoms with Crippen LogP contribution in [-0.4, -0.2) is 11.9 Å². The van der Waals surface area contributed by atoms with Gasteiger partial charge in [-0.25, -0.2) is 0 Å². The molecule has 0 fully saturated rings. The fourth-order valence-corrected chi connectivity index (χ4v) is 2.14. The van der Waals surface area contributed by atoms with Gasteiger partial charge in [-0.05, 0) is 35.4 Å². The Balaban J connectivity index is 2.36. The molecule has 116 valence electrons. The van der Waals surface area contributed by atoms with Crippen LogP contribution in [-0.2, 0) is 14.3 Å². The van der Waals surface area contributed by atoms with Gasteiger partial charge >= 0.3 is 11.9 Å². The van der Waals surface area contributed by atoms with E-state index in [0.29, 0.717) is 22.4 Å². The molecule has 23 heavy (non-hydrogen) atoms. The average Bonchev–Trinajstić information content (AvgIpc) is 2.53. The van der Waals surface area contributed by atoms with Crippen molar-refractivity contribution in [2.24, 2.45) is 0 Å². The molecule has 2 aromatic carbocycles. The smallest absolute Gasteiger partial charge is 0.308 e. The summed E-state index contributed by atoms with van der Waals surface area (Å²) < 4.78 is 10.4. The third-order valence-corrected chi connectivity index (χ3v) is 3.05. The van der Waals surface area contributed by atoms with E-state index in [9.17, 15) is 9.59 Å². The number of benzene rings is 2. The highest BCUT2D eigenvalue weighted by Crippen LogP contribution is 2.28. The van der Waals surface area contributed by atoms with Crippen LogP contribution in [0.15, 0.2) is 48.5 Å². The highest BCUT2D eigenvalue weighted by atomic mass is 16.5. The number of esters is 2. The lowest BCUT2D eigenvalue weighted by Crippen LogP contribution is -2.10. The number of hydrogen-bond acceptors (Lipinski definition) is 5. The quantitative estimate of drug-likeness (QED) is 0.640. The Bertz CT molecular complexity index is 759. The molecule has 2 aromatic rings. The Morgan fingerprint density at radius 1 is 1.00 bits per heavy atom. The van der Waals surface area contributed by atoms with Gasteiger partial charge in [0.25, 0.3) is 0 Å². The molecule has 0 aliphatic carbocycles. The lowest BCUT2D eigenvalue weighted by atomic mass is 9.99. The van der Waals surface area contributed by atoms with E-state index in [1.165, 1.54) is 13.8 Å². The van der Waals surface area contributed by atoms with E-state index in [1.54, 1.807) is 48.5 Å². The lowest BCUT2D eigenvalue weighted by Gasteiger charge is -2.18. The van der Waals surface area contributed by atoms with Crippen LogP contribution >= 0.6 is 0 Å². The molecule has 1 atom stereocenters. The third kappa shape index (κ3) is 4.42. The van der Waals surface area contributed by atoms with E-state index < -0.39 is 18.0 Å². The summed E-state index contributed by atoms with van der Waals surface area (Å²) in [4.78, 5) is 22.4. The normalized spacial score (nSPS) is 11.2. The molecule has 2 rings (SSSR count). The van der Waals surface area contributed by atoms with Crippen LogP contribution in [0.1, 0.15) is 36.6 Å².